The largest absolute Gasteiger partial charge is 0.509 e. The standard InChI is InChI=1S/C27H29FO7/c1-18(29)33-23(8-5-9-26(30)32-2)21-7-4-3-6-19(16-21)12-15-24-25(35-27(31)34-24)17-20-10-13-22(28)14-11-20/h3-4,6-7,10-15,23-25H,5,8-9,16-17H2,1-2H3/b15-12+/t23-,24+,25-/m0/s1. The molecule has 1 aromatic rings. The van der Waals surface area contributed by atoms with Crippen LogP contribution in [0.15, 0.2) is 71.9 Å². The molecule has 0 N–H and O–H groups in total. The molecule has 1 fully saturated rings. The number of carbonyl (C=O) groups is 3. The van der Waals surface area contributed by atoms with Gasteiger partial charge in [-0.15, -0.1) is 0 Å². The van der Waals surface area contributed by atoms with Gasteiger partial charge < -0.3 is 18.9 Å². The Bertz CT molecular complexity index is 1040. The maximum Gasteiger partial charge on any atom is 0.509 e. The fraction of sp³-hybridized carbons (Fsp3) is 0.370. The zero-order valence-corrected chi connectivity index (χ0v) is 19.8. The lowest BCUT2D eigenvalue weighted by Gasteiger charge is -2.20. The molecule has 0 amide bonds. The number of esters is 2. The molecule has 0 spiro atoms. The van der Waals surface area contributed by atoms with Crippen LogP contribution < -0.4 is 0 Å². The normalized spacial score (nSPS) is 20.4. The number of rotatable bonds is 10. The molecule has 1 aliphatic heterocycles. The highest BCUT2D eigenvalue weighted by molar-refractivity contribution is 5.69. The molecule has 1 saturated heterocycles. The average molecular weight is 485 g/mol. The number of halogens is 1. The average Bonchev–Trinajstić information content (AvgIpc) is 3.02. The summed E-state index contributed by atoms with van der Waals surface area (Å²) in [5.41, 5.74) is 2.63. The summed E-state index contributed by atoms with van der Waals surface area (Å²) in [4.78, 5) is 34.9. The predicted octanol–water partition coefficient (Wildman–Crippen LogP) is 4.92. The summed E-state index contributed by atoms with van der Waals surface area (Å²) in [6.45, 7) is 1.35. The molecule has 3 rings (SSSR count). The molecule has 3 atom stereocenters. The van der Waals surface area contributed by atoms with Crippen LogP contribution in [0.4, 0.5) is 9.18 Å². The first-order valence-electron chi connectivity index (χ1n) is 11.4. The van der Waals surface area contributed by atoms with Crippen molar-refractivity contribution in [1.29, 1.82) is 0 Å². The molecule has 0 radical (unpaired) electrons. The van der Waals surface area contributed by atoms with E-state index in [1.165, 1.54) is 26.2 Å². The van der Waals surface area contributed by atoms with Crippen molar-refractivity contribution in [2.45, 2.75) is 57.3 Å². The lowest BCUT2D eigenvalue weighted by atomic mass is 9.96. The van der Waals surface area contributed by atoms with E-state index in [1.54, 1.807) is 18.2 Å². The van der Waals surface area contributed by atoms with Gasteiger partial charge in [-0.05, 0) is 54.2 Å². The van der Waals surface area contributed by atoms with Crippen LogP contribution in [-0.2, 0) is 35.0 Å². The third-order valence-electron chi connectivity index (χ3n) is 5.63. The van der Waals surface area contributed by atoms with Gasteiger partial charge in [-0.1, -0.05) is 42.5 Å². The van der Waals surface area contributed by atoms with Crippen LogP contribution in [0.1, 0.15) is 38.2 Å². The zero-order chi connectivity index (χ0) is 25.2. The molecule has 8 heteroatoms. The number of hydrogen-bond donors (Lipinski definition) is 0. The van der Waals surface area contributed by atoms with E-state index in [9.17, 15) is 18.8 Å². The Balaban J connectivity index is 1.66. The van der Waals surface area contributed by atoms with Gasteiger partial charge in [0, 0.05) is 19.8 Å². The van der Waals surface area contributed by atoms with Gasteiger partial charge in [0.2, 0.25) is 0 Å². The predicted molar refractivity (Wildman–Crippen MR) is 126 cm³/mol. The van der Waals surface area contributed by atoms with Crippen LogP contribution in [0, 0.1) is 5.82 Å². The molecular formula is C27H29FO7. The summed E-state index contributed by atoms with van der Waals surface area (Å²) in [6, 6.07) is 6.01. The Labute approximate surface area is 203 Å². The highest BCUT2D eigenvalue weighted by atomic mass is 19.1. The van der Waals surface area contributed by atoms with E-state index >= 15 is 0 Å². The summed E-state index contributed by atoms with van der Waals surface area (Å²) >= 11 is 0. The third kappa shape index (κ3) is 8.24. The maximum atomic E-state index is 13.2. The van der Waals surface area contributed by atoms with Crippen LogP contribution in [0.25, 0.3) is 0 Å². The number of ether oxygens (including phenoxy) is 4. The molecule has 1 aromatic carbocycles. The Morgan fingerprint density at radius 2 is 1.91 bits per heavy atom. The van der Waals surface area contributed by atoms with Crippen molar-refractivity contribution in [3.63, 3.8) is 0 Å². The van der Waals surface area contributed by atoms with Gasteiger partial charge in [0.05, 0.1) is 7.11 Å². The van der Waals surface area contributed by atoms with Gasteiger partial charge in [-0.2, -0.15) is 0 Å². The lowest BCUT2D eigenvalue weighted by Crippen LogP contribution is -2.23. The molecule has 35 heavy (non-hydrogen) atoms. The number of carbonyl (C=O) groups excluding carboxylic acids is 3. The third-order valence-corrected chi connectivity index (χ3v) is 5.63. The summed E-state index contributed by atoms with van der Waals surface area (Å²) in [5.74, 6) is -1.05. The van der Waals surface area contributed by atoms with E-state index in [1.807, 2.05) is 30.4 Å². The Hall–Kier alpha value is -3.68. The minimum absolute atomic E-state index is 0.239. The minimum Gasteiger partial charge on any atom is -0.469 e. The van der Waals surface area contributed by atoms with E-state index in [0.717, 1.165) is 16.7 Å². The van der Waals surface area contributed by atoms with E-state index in [-0.39, 0.29) is 18.2 Å². The minimum atomic E-state index is -0.748. The van der Waals surface area contributed by atoms with Crippen molar-refractivity contribution < 1.29 is 37.7 Å². The van der Waals surface area contributed by atoms with Crippen LogP contribution in [-0.4, -0.2) is 43.5 Å². The van der Waals surface area contributed by atoms with Gasteiger partial charge in [0.1, 0.15) is 11.9 Å². The fourth-order valence-corrected chi connectivity index (χ4v) is 3.90. The number of hydrogen-bond acceptors (Lipinski definition) is 7. The molecular weight excluding hydrogens is 455 g/mol. The first-order chi connectivity index (χ1) is 16.8. The van der Waals surface area contributed by atoms with E-state index in [2.05, 4.69) is 4.74 Å². The van der Waals surface area contributed by atoms with Crippen molar-refractivity contribution in [1.82, 2.24) is 0 Å². The van der Waals surface area contributed by atoms with Crippen molar-refractivity contribution in [3.8, 4) is 0 Å². The number of benzene rings is 1. The topological polar surface area (TPSA) is 88.1 Å². The molecule has 0 aromatic heterocycles. The van der Waals surface area contributed by atoms with Crippen LogP contribution in [0.2, 0.25) is 0 Å². The quantitative estimate of drug-likeness (QED) is 0.344. The lowest BCUT2D eigenvalue weighted by molar-refractivity contribution is -0.145. The fourth-order valence-electron chi connectivity index (χ4n) is 3.90. The van der Waals surface area contributed by atoms with Gasteiger partial charge in [0.15, 0.2) is 12.2 Å². The molecule has 1 heterocycles. The molecule has 186 valence electrons. The van der Waals surface area contributed by atoms with Crippen LogP contribution in [0.5, 0.6) is 0 Å². The first kappa shape index (κ1) is 25.9. The van der Waals surface area contributed by atoms with Crippen molar-refractivity contribution in [3.05, 3.63) is 83.2 Å². The summed E-state index contributed by atoms with van der Waals surface area (Å²) in [7, 11) is 1.34. The highest BCUT2D eigenvalue weighted by Crippen LogP contribution is 2.26. The second kappa shape index (κ2) is 12.7. The van der Waals surface area contributed by atoms with Gasteiger partial charge in [-0.25, -0.2) is 9.18 Å². The number of methoxy groups -OCH3 is 1. The molecule has 0 saturated carbocycles. The molecule has 7 nitrogen and oxygen atoms in total. The Morgan fingerprint density at radius 1 is 1.17 bits per heavy atom. The molecule has 2 aliphatic rings. The second-order valence-corrected chi connectivity index (χ2v) is 8.29. The van der Waals surface area contributed by atoms with Crippen molar-refractivity contribution >= 4 is 18.1 Å². The maximum absolute atomic E-state index is 13.2. The van der Waals surface area contributed by atoms with Crippen molar-refractivity contribution in [2.75, 3.05) is 7.11 Å². The van der Waals surface area contributed by atoms with E-state index < -0.39 is 30.4 Å². The molecule has 0 unspecified atom stereocenters. The molecule has 0 bridgehead atoms. The number of allylic oxidation sites excluding steroid dienone is 6. The smallest absolute Gasteiger partial charge is 0.469 e. The Kier molecular flexibility index (Phi) is 9.40. The highest BCUT2D eigenvalue weighted by Gasteiger charge is 2.35. The van der Waals surface area contributed by atoms with Gasteiger partial charge >= 0.3 is 18.1 Å². The summed E-state index contributed by atoms with van der Waals surface area (Å²) in [6.07, 6.45) is 11.0. The Morgan fingerprint density at radius 3 is 2.63 bits per heavy atom. The van der Waals surface area contributed by atoms with E-state index in [4.69, 9.17) is 14.2 Å². The van der Waals surface area contributed by atoms with Crippen LogP contribution in [0.3, 0.4) is 0 Å². The monoisotopic (exact) mass is 484 g/mol. The van der Waals surface area contributed by atoms with E-state index in [0.29, 0.717) is 25.7 Å². The van der Waals surface area contributed by atoms with Gasteiger partial charge in [-0.3, -0.25) is 9.59 Å². The summed E-state index contributed by atoms with van der Waals surface area (Å²) < 4.78 is 34.0. The van der Waals surface area contributed by atoms with Crippen molar-refractivity contribution in [2.24, 2.45) is 0 Å². The summed E-state index contributed by atoms with van der Waals surface area (Å²) in [5, 5.41) is 0. The van der Waals surface area contributed by atoms with Gasteiger partial charge in [0.25, 0.3) is 0 Å². The zero-order valence-electron chi connectivity index (χ0n) is 19.8. The first-order valence-corrected chi connectivity index (χ1v) is 11.4. The number of cyclic esters (lactones) is 2. The second-order valence-electron chi connectivity index (χ2n) is 8.29. The SMILES string of the molecule is COC(=O)CCC[C@H](OC(C)=O)C1=CC=CC=C(/C=C/[C@H]2OC(=O)O[C@H]2Cc2ccc(F)cc2)C1. The molecule has 1 aliphatic carbocycles. The van der Waals surface area contributed by atoms with Crippen LogP contribution >= 0.6 is 0 Å².